The summed E-state index contributed by atoms with van der Waals surface area (Å²) in [7, 11) is 0. The molecule has 0 aromatic heterocycles. The van der Waals surface area contributed by atoms with Gasteiger partial charge in [0.1, 0.15) is 13.2 Å². The van der Waals surface area contributed by atoms with Crippen molar-refractivity contribution < 1.29 is 28.6 Å². The highest BCUT2D eigenvalue weighted by Crippen LogP contribution is 2.16. The highest BCUT2D eigenvalue weighted by Gasteiger charge is 2.19. The van der Waals surface area contributed by atoms with Gasteiger partial charge in [0.25, 0.3) is 0 Å². The summed E-state index contributed by atoms with van der Waals surface area (Å²) in [6.07, 6.45) is 69.6. The Balaban J connectivity index is 4.36. The molecule has 0 bridgehead atoms. The van der Waals surface area contributed by atoms with Crippen molar-refractivity contribution >= 4 is 17.9 Å². The first kappa shape index (κ1) is 65.4. The van der Waals surface area contributed by atoms with E-state index >= 15 is 0 Å². The molecule has 0 aliphatic carbocycles. The van der Waals surface area contributed by atoms with E-state index < -0.39 is 6.10 Å². The molecule has 0 saturated carbocycles. The van der Waals surface area contributed by atoms with Gasteiger partial charge in [0.05, 0.1) is 0 Å². The second kappa shape index (κ2) is 57.0. The average Bonchev–Trinajstić information content (AvgIpc) is 3.34. The molecule has 0 saturated heterocycles. The molecule has 0 aromatic rings. The zero-order valence-electron chi connectivity index (χ0n) is 45.4. The van der Waals surface area contributed by atoms with Crippen LogP contribution in [-0.4, -0.2) is 37.2 Å². The third kappa shape index (κ3) is 54.3. The van der Waals surface area contributed by atoms with Crippen molar-refractivity contribution in [2.75, 3.05) is 13.2 Å². The maximum atomic E-state index is 12.9. The predicted molar refractivity (Wildman–Crippen MR) is 293 cm³/mol. The number of carbonyl (C=O) groups is 3. The van der Waals surface area contributed by atoms with Crippen LogP contribution in [0.5, 0.6) is 0 Å². The topological polar surface area (TPSA) is 78.9 Å². The third-order valence-corrected chi connectivity index (χ3v) is 13.0. The summed E-state index contributed by atoms with van der Waals surface area (Å²) in [6, 6.07) is 0. The Kier molecular flexibility index (Phi) is 54.8. The molecular formula is C62H112O6. The van der Waals surface area contributed by atoms with Gasteiger partial charge in [-0.3, -0.25) is 14.4 Å². The zero-order chi connectivity index (χ0) is 49.3. The Bertz CT molecular complexity index is 1190. The molecule has 1 atom stereocenters. The van der Waals surface area contributed by atoms with Gasteiger partial charge >= 0.3 is 17.9 Å². The molecule has 0 spiro atoms. The Morgan fingerprint density at radius 3 is 0.868 bits per heavy atom. The van der Waals surface area contributed by atoms with Crippen LogP contribution in [0.3, 0.4) is 0 Å². The van der Waals surface area contributed by atoms with E-state index in [2.05, 4.69) is 69.4 Å². The van der Waals surface area contributed by atoms with E-state index in [1.807, 2.05) is 0 Å². The van der Waals surface area contributed by atoms with Crippen LogP contribution >= 0.6 is 0 Å². The first-order chi connectivity index (χ1) is 33.5. The van der Waals surface area contributed by atoms with Crippen LogP contribution in [0, 0.1) is 0 Å². The summed E-state index contributed by atoms with van der Waals surface area (Å²) in [5.74, 6) is -0.885. The summed E-state index contributed by atoms with van der Waals surface area (Å²) < 4.78 is 16.9. The SMILES string of the molecule is CCCC/C=C\C/C=C\CCCCCCCC(=O)OCC(COC(=O)CCCCCCCCCCC/C=C\CCCCCCCC)OC(=O)CCCCCCCCC/C=C\CCCCCCCC. The molecule has 0 heterocycles. The van der Waals surface area contributed by atoms with Gasteiger partial charge in [-0.15, -0.1) is 0 Å². The third-order valence-electron chi connectivity index (χ3n) is 13.0. The minimum absolute atomic E-state index is 0.0788. The molecule has 1 unspecified atom stereocenters. The van der Waals surface area contributed by atoms with Crippen molar-refractivity contribution in [1.82, 2.24) is 0 Å². The minimum Gasteiger partial charge on any atom is -0.462 e. The summed E-state index contributed by atoms with van der Waals surface area (Å²) in [5, 5.41) is 0. The average molecular weight is 954 g/mol. The maximum absolute atomic E-state index is 12.9. The van der Waals surface area contributed by atoms with Gasteiger partial charge in [-0.2, -0.15) is 0 Å². The number of esters is 3. The van der Waals surface area contributed by atoms with Gasteiger partial charge < -0.3 is 14.2 Å². The van der Waals surface area contributed by atoms with Crippen LogP contribution in [0.15, 0.2) is 48.6 Å². The molecule has 0 fully saturated rings. The Labute approximate surface area is 422 Å². The van der Waals surface area contributed by atoms with E-state index in [4.69, 9.17) is 14.2 Å². The van der Waals surface area contributed by atoms with Crippen molar-refractivity contribution in [2.45, 2.75) is 316 Å². The normalized spacial score (nSPS) is 12.3. The molecule has 0 rings (SSSR count). The molecule has 0 N–H and O–H groups in total. The molecule has 6 heteroatoms. The van der Waals surface area contributed by atoms with Crippen molar-refractivity contribution in [3.8, 4) is 0 Å². The summed E-state index contributed by atoms with van der Waals surface area (Å²) in [4.78, 5) is 38.2. The first-order valence-corrected chi connectivity index (χ1v) is 29.6. The molecule has 6 nitrogen and oxygen atoms in total. The molecule has 68 heavy (non-hydrogen) atoms. The van der Waals surface area contributed by atoms with Crippen LogP contribution in [-0.2, 0) is 28.6 Å². The first-order valence-electron chi connectivity index (χ1n) is 29.6. The fraction of sp³-hybridized carbons (Fsp3) is 0.823. The van der Waals surface area contributed by atoms with E-state index in [1.54, 1.807) is 0 Å². The van der Waals surface area contributed by atoms with E-state index in [9.17, 15) is 14.4 Å². The number of allylic oxidation sites excluding steroid dienone is 8. The second-order valence-electron chi connectivity index (χ2n) is 19.9. The summed E-state index contributed by atoms with van der Waals surface area (Å²) in [5.41, 5.74) is 0. The van der Waals surface area contributed by atoms with Crippen LogP contribution in [0.25, 0.3) is 0 Å². The molecule has 0 radical (unpaired) electrons. The van der Waals surface area contributed by atoms with E-state index in [-0.39, 0.29) is 31.1 Å². The maximum Gasteiger partial charge on any atom is 0.306 e. The van der Waals surface area contributed by atoms with E-state index in [0.29, 0.717) is 19.3 Å². The Hall–Kier alpha value is -2.63. The zero-order valence-corrected chi connectivity index (χ0v) is 45.4. The van der Waals surface area contributed by atoms with Gasteiger partial charge in [0.15, 0.2) is 6.10 Å². The summed E-state index contributed by atoms with van der Waals surface area (Å²) >= 11 is 0. The van der Waals surface area contributed by atoms with Crippen LogP contribution < -0.4 is 0 Å². The number of rotatable bonds is 54. The van der Waals surface area contributed by atoms with Gasteiger partial charge in [0.2, 0.25) is 0 Å². The smallest absolute Gasteiger partial charge is 0.306 e. The van der Waals surface area contributed by atoms with E-state index in [0.717, 1.165) is 77.0 Å². The van der Waals surface area contributed by atoms with Crippen molar-refractivity contribution in [1.29, 1.82) is 0 Å². The minimum atomic E-state index is -0.781. The van der Waals surface area contributed by atoms with Crippen molar-refractivity contribution in [3.05, 3.63) is 48.6 Å². The monoisotopic (exact) mass is 953 g/mol. The lowest BCUT2D eigenvalue weighted by atomic mass is 10.1. The molecule has 0 amide bonds. The quantitative estimate of drug-likeness (QED) is 0.0262. The van der Waals surface area contributed by atoms with Crippen molar-refractivity contribution in [2.24, 2.45) is 0 Å². The van der Waals surface area contributed by atoms with Crippen molar-refractivity contribution in [3.63, 3.8) is 0 Å². The molecule has 0 aromatic carbocycles. The lowest BCUT2D eigenvalue weighted by molar-refractivity contribution is -0.167. The molecular weight excluding hydrogens is 841 g/mol. The lowest BCUT2D eigenvalue weighted by Crippen LogP contribution is -2.30. The standard InChI is InChI=1S/C62H112O6/c1-4-7-10-13-16-19-22-25-28-30-31-33-34-37-40-43-46-49-52-55-61(64)67-58-59(57-66-60(63)54-51-48-45-42-39-36-27-24-21-18-15-12-9-6-3)68-62(65)56-53-50-47-44-41-38-35-32-29-26-23-20-17-14-11-8-5-2/h15,18,24-29,59H,4-14,16-17,19-23,30-58H2,1-3H3/b18-15-,27-24-,28-25-,29-26-. The largest absolute Gasteiger partial charge is 0.462 e. The number of hydrogen-bond donors (Lipinski definition) is 0. The summed E-state index contributed by atoms with van der Waals surface area (Å²) in [6.45, 7) is 6.61. The number of ether oxygens (including phenoxy) is 3. The highest BCUT2D eigenvalue weighted by molar-refractivity contribution is 5.71. The van der Waals surface area contributed by atoms with Gasteiger partial charge in [-0.1, -0.05) is 243 Å². The highest BCUT2D eigenvalue weighted by atomic mass is 16.6. The molecule has 396 valence electrons. The number of hydrogen-bond acceptors (Lipinski definition) is 6. The van der Waals surface area contributed by atoms with Crippen LogP contribution in [0.2, 0.25) is 0 Å². The fourth-order valence-corrected chi connectivity index (χ4v) is 8.51. The number of carbonyl (C=O) groups excluding carboxylic acids is 3. The van der Waals surface area contributed by atoms with E-state index in [1.165, 1.54) is 193 Å². The Morgan fingerprint density at radius 1 is 0.294 bits per heavy atom. The van der Waals surface area contributed by atoms with Gasteiger partial charge in [-0.05, 0) is 96.3 Å². The Morgan fingerprint density at radius 2 is 0.544 bits per heavy atom. The second-order valence-corrected chi connectivity index (χ2v) is 19.9. The molecule has 0 aliphatic heterocycles. The van der Waals surface area contributed by atoms with Crippen LogP contribution in [0.4, 0.5) is 0 Å². The van der Waals surface area contributed by atoms with Crippen LogP contribution in [0.1, 0.15) is 310 Å². The van der Waals surface area contributed by atoms with Gasteiger partial charge in [-0.25, -0.2) is 0 Å². The van der Waals surface area contributed by atoms with Gasteiger partial charge in [0, 0.05) is 19.3 Å². The number of unbranched alkanes of at least 4 members (excludes halogenated alkanes) is 35. The fourth-order valence-electron chi connectivity index (χ4n) is 8.51. The predicted octanol–water partition coefficient (Wildman–Crippen LogP) is 19.8. The molecule has 0 aliphatic rings. The lowest BCUT2D eigenvalue weighted by Gasteiger charge is -2.18.